The summed E-state index contributed by atoms with van der Waals surface area (Å²) in [6, 6.07) is 6.76. The van der Waals surface area contributed by atoms with Crippen molar-refractivity contribution in [3.05, 3.63) is 29.8 Å². The molecule has 0 radical (unpaired) electrons. The van der Waals surface area contributed by atoms with Crippen molar-refractivity contribution in [2.24, 2.45) is 5.73 Å². The van der Waals surface area contributed by atoms with Crippen molar-refractivity contribution in [1.82, 2.24) is 5.32 Å². The quantitative estimate of drug-likeness (QED) is 0.524. The minimum atomic E-state index is -2.99. The summed E-state index contributed by atoms with van der Waals surface area (Å²) >= 11 is 4.83. The number of hydrogen-bond donors (Lipinski definition) is 2. The Labute approximate surface area is 129 Å². The minimum absolute atomic E-state index is 0.0502. The summed E-state index contributed by atoms with van der Waals surface area (Å²) in [5, 5.41) is 2.59. The first-order chi connectivity index (χ1) is 9.78. The first kappa shape index (κ1) is 17.4. The lowest BCUT2D eigenvalue weighted by molar-refractivity contribution is -0.123. The molecule has 0 bridgehead atoms. The van der Waals surface area contributed by atoms with Gasteiger partial charge in [0.1, 0.15) is 20.6 Å². The van der Waals surface area contributed by atoms with Crippen LogP contribution in [0.3, 0.4) is 0 Å². The summed E-state index contributed by atoms with van der Waals surface area (Å²) in [6.45, 7) is 0.168. The van der Waals surface area contributed by atoms with Gasteiger partial charge >= 0.3 is 0 Å². The fourth-order valence-corrected chi connectivity index (χ4v) is 2.28. The van der Waals surface area contributed by atoms with Gasteiger partial charge in [-0.15, -0.1) is 0 Å². The topological polar surface area (TPSA) is 98.5 Å². The lowest BCUT2D eigenvalue weighted by Crippen LogP contribution is -2.30. The minimum Gasteiger partial charge on any atom is -0.484 e. The standard InChI is InChI=1S/C13H18N2O4S2/c1-21(17,18)8-2-7-15-12(16)9-19-11-5-3-10(4-6-11)13(14)20/h3-6H,2,7-9H2,1H3,(H2,14,20)(H,15,16). The van der Waals surface area contributed by atoms with Crippen molar-refractivity contribution in [2.75, 3.05) is 25.2 Å². The number of rotatable bonds is 8. The van der Waals surface area contributed by atoms with Gasteiger partial charge in [0.2, 0.25) is 0 Å². The van der Waals surface area contributed by atoms with Gasteiger partial charge in [-0.2, -0.15) is 0 Å². The number of carbonyl (C=O) groups excluding carboxylic acids is 1. The Hall–Kier alpha value is -1.67. The molecule has 3 N–H and O–H groups in total. The lowest BCUT2D eigenvalue weighted by Gasteiger charge is -2.08. The molecule has 0 saturated carbocycles. The SMILES string of the molecule is CS(=O)(=O)CCCNC(=O)COc1ccc(C(N)=S)cc1. The van der Waals surface area contributed by atoms with Crippen LogP contribution in [0.25, 0.3) is 0 Å². The summed E-state index contributed by atoms with van der Waals surface area (Å²) in [4.78, 5) is 11.8. The molecule has 0 atom stereocenters. The summed E-state index contributed by atoms with van der Waals surface area (Å²) in [5.41, 5.74) is 6.19. The number of ether oxygens (including phenoxy) is 1. The van der Waals surface area contributed by atoms with Crippen molar-refractivity contribution in [2.45, 2.75) is 6.42 Å². The third-order valence-electron chi connectivity index (χ3n) is 2.52. The summed E-state index contributed by atoms with van der Waals surface area (Å²) < 4.78 is 27.1. The molecule has 6 nitrogen and oxygen atoms in total. The molecule has 0 unspecified atom stereocenters. The number of thiocarbonyl (C=S) groups is 1. The van der Waals surface area contributed by atoms with Gasteiger partial charge in [-0.25, -0.2) is 8.42 Å². The number of nitrogens with two attached hydrogens (primary N) is 1. The van der Waals surface area contributed by atoms with Crippen LogP contribution in [0.1, 0.15) is 12.0 Å². The van der Waals surface area contributed by atoms with Crippen LogP contribution in [-0.2, 0) is 14.6 Å². The number of benzene rings is 1. The highest BCUT2D eigenvalue weighted by Crippen LogP contribution is 2.11. The van der Waals surface area contributed by atoms with Crippen LogP contribution in [0.4, 0.5) is 0 Å². The number of nitrogens with one attached hydrogen (secondary N) is 1. The van der Waals surface area contributed by atoms with Gasteiger partial charge in [0, 0.05) is 18.4 Å². The summed E-state index contributed by atoms with van der Waals surface area (Å²) in [7, 11) is -2.99. The number of sulfone groups is 1. The monoisotopic (exact) mass is 330 g/mol. The maximum absolute atomic E-state index is 11.5. The van der Waals surface area contributed by atoms with E-state index < -0.39 is 9.84 Å². The van der Waals surface area contributed by atoms with Crippen molar-refractivity contribution in [3.63, 3.8) is 0 Å². The third-order valence-corrected chi connectivity index (χ3v) is 3.79. The van der Waals surface area contributed by atoms with E-state index in [1.54, 1.807) is 24.3 Å². The van der Waals surface area contributed by atoms with Gasteiger partial charge in [0.15, 0.2) is 6.61 Å². The van der Waals surface area contributed by atoms with Gasteiger partial charge in [0.05, 0.1) is 5.75 Å². The Balaban J connectivity index is 2.28. The number of hydrogen-bond acceptors (Lipinski definition) is 5. The van der Waals surface area contributed by atoms with Crippen LogP contribution < -0.4 is 15.8 Å². The zero-order valence-electron chi connectivity index (χ0n) is 11.7. The second-order valence-electron chi connectivity index (χ2n) is 4.51. The van der Waals surface area contributed by atoms with E-state index in [0.717, 1.165) is 11.8 Å². The fourth-order valence-electron chi connectivity index (χ4n) is 1.48. The van der Waals surface area contributed by atoms with Crippen LogP contribution >= 0.6 is 12.2 Å². The molecule has 0 fully saturated rings. The molecule has 0 aliphatic heterocycles. The van der Waals surface area contributed by atoms with E-state index in [-0.39, 0.29) is 18.3 Å². The van der Waals surface area contributed by atoms with Crippen LogP contribution in [0.2, 0.25) is 0 Å². The normalized spacial score (nSPS) is 10.9. The molecule has 0 saturated heterocycles. The molecule has 8 heteroatoms. The Kier molecular flexibility index (Phi) is 6.57. The Morgan fingerprint density at radius 2 is 1.95 bits per heavy atom. The van der Waals surface area contributed by atoms with Crippen molar-refractivity contribution >= 4 is 33.0 Å². The van der Waals surface area contributed by atoms with E-state index in [0.29, 0.717) is 23.7 Å². The van der Waals surface area contributed by atoms with Gasteiger partial charge in [-0.3, -0.25) is 4.79 Å². The molecule has 116 valence electrons. The van der Waals surface area contributed by atoms with Gasteiger partial charge in [-0.1, -0.05) is 12.2 Å². The Morgan fingerprint density at radius 3 is 2.48 bits per heavy atom. The van der Waals surface area contributed by atoms with Crippen LogP contribution in [0.15, 0.2) is 24.3 Å². The average Bonchev–Trinajstić information content (AvgIpc) is 2.41. The van der Waals surface area contributed by atoms with E-state index in [2.05, 4.69) is 5.32 Å². The van der Waals surface area contributed by atoms with Gasteiger partial charge in [0.25, 0.3) is 5.91 Å². The van der Waals surface area contributed by atoms with Crippen LogP contribution in [0, 0.1) is 0 Å². The summed E-state index contributed by atoms with van der Waals surface area (Å²) in [6.07, 6.45) is 1.54. The highest BCUT2D eigenvalue weighted by Gasteiger charge is 2.05. The average molecular weight is 330 g/mol. The molecular formula is C13H18N2O4S2. The van der Waals surface area contributed by atoms with Crippen LogP contribution in [0.5, 0.6) is 5.75 Å². The first-order valence-electron chi connectivity index (χ1n) is 6.25. The molecule has 0 aromatic heterocycles. The largest absolute Gasteiger partial charge is 0.484 e. The van der Waals surface area contributed by atoms with E-state index in [9.17, 15) is 13.2 Å². The molecule has 0 aliphatic rings. The zero-order valence-corrected chi connectivity index (χ0v) is 13.3. The van der Waals surface area contributed by atoms with E-state index in [1.807, 2.05) is 0 Å². The van der Waals surface area contributed by atoms with Crippen LogP contribution in [-0.4, -0.2) is 44.5 Å². The molecule has 1 amide bonds. The second-order valence-corrected chi connectivity index (χ2v) is 7.21. The predicted octanol–water partition coefficient (Wildman–Crippen LogP) is 0.251. The smallest absolute Gasteiger partial charge is 0.257 e. The van der Waals surface area contributed by atoms with E-state index >= 15 is 0 Å². The Morgan fingerprint density at radius 1 is 1.33 bits per heavy atom. The molecule has 1 aromatic rings. The molecule has 0 aliphatic carbocycles. The lowest BCUT2D eigenvalue weighted by atomic mass is 10.2. The predicted molar refractivity (Wildman–Crippen MR) is 85.2 cm³/mol. The van der Waals surface area contributed by atoms with Gasteiger partial charge < -0.3 is 15.8 Å². The molecule has 21 heavy (non-hydrogen) atoms. The summed E-state index contributed by atoms with van der Waals surface area (Å²) in [5.74, 6) is 0.275. The molecule has 1 aromatic carbocycles. The highest BCUT2D eigenvalue weighted by molar-refractivity contribution is 7.90. The maximum Gasteiger partial charge on any atom is 0.257 e. The molecule has 0 spiro atoms. The zero-order chi connectivity index (χ0) is 15.9. The van der Waals surface area contributed by atoms with E-state index in [1.165, 1.54) is 0 Å². The number of amides is 1. The Bertz CT molecular complexity index is 597. The highest BCUT2D eigenvalue weighted by atomic mass is 32.2. The van der Waals surface area contributed by atoms with Crippen molar-refractivity contribution < 1.29 is 17.9 Å². The van der Waals surface area contributed by atoms with Crippen molar-refractivity contribution in [1.29, 1.82) is 0 Å². The fraction of sp³-hybridized carbons (Fsp3) is 0.385. The molecule has 1 rings (SSSR count). The molecular weight excluding hydrogens is 312 g/mol. The maximum atomic E-state index is 11.5. The first-order valence-corrected chi connectivity index (χ1v) is 8.72. The van der Waals surface area contributed by atoms with E-state index in [4.69, 9.17) is 22.7 Å². The molecule has 0 heterocycles. The number of carbonyl (C=O) groups is 1. The van der Waals surface area contributed by atoms with Crippen molar-refractivity contribution in [3.8, 4) is 5.75 Å². The third kappa shape index (κ3) is 7.62. The second kappa shape index (κ2) is 7.94. The van der Waals surface area contributed by atoms with Gasteiger partial charge in [-0.05, 0) is 30.7 Å².